The molecule has 0 amide bonds. The fourth-order valence-corrected chi connectivity index (χ4v) is 3.38. The molecule has 0 radical (unpaired) electrons. The first-order valence-corrected chi connectivity index (χ1v) is 7.05. The number of hydrogen-bond acceptors (Lipinski definition) is 1. The lowest BCUT2D eigenvalue weighted by atomic mass is 10.1. The van der Waals surface area contributed by atoms with Gasteiger partial charge >= 0.3 is 0 Å². The van der Waals surface area contributed by atoms with Crippen molar-refractivity contribution in [3.05, 3.63) is 28.2 Å². The smallest absolute Gasteiger partial charge is 0.0485 e. The number of nitrogens with zero attached hydrogens (tertiary/aromatic N) is 1. The zero-order valence-corrected chi connectivity index (χ0v) is 12.1. The van der Waals surface area contributed by atoms with Gasteiger partial charge in [0.1, 0.15) is 0 Å². The van der Waals surface area contributed by atoms with Crippen LogP contribution in [0.2, 0.25) is 0 Å². The van der Waals surface area contributed by atoms with E-state index in [9.17, 15) is 0 Å². The number of anilines is 1. The van der Waals surface area contributed by atoms with Gasteiger partial charge in [-0.15, -0.1) is 11.6 Å². The van der Waals surface area contributed by atoms with Gasteiger partial charge in [-0.05, 0) is 37.0 Å². The lowest BCUT2D eigenvalue weighted by molar-refractivity contribution is 0.625. The van der Waals surface area contributed by atoms with Crippen LogP contribution < -0.4 is 4.90 Å². The van der Waals surface area contributed by atoms with Crippen molar-refractivity contribution >= 4 is 33.2 Å². The topological polar surface area (TPSA) is 3.24 Å². The maximum absolute atomic E-state index is 5.85. The van der Waals surface area contributed by atoms with Crippen molar-refractivity contribution in [1.82, 2.24) is 0 Å². The van der Waals surface area contributed by atoms with Crippen LogP contribution in [0.3, 0.4) is 0 Å². The number of halogens is 2. The molecule has 2 atom stereocenters. The molecule has 1 fully saturated rings. The van der Waals surface area contributed by atoms with Crippen LogP contribution in [0.5, 0.6) is 0 Å². The van der Waals surface area contributed by atoms with E-state index in [2.05, 4.69) is 52.9 Å². The molecule has 2 rings (SSSR count). The van der Waals surface area contributed by atoms with E-state index >= 15 is 0 Å². The summed E-state index contributed by atoms with van der Waals surface area (Å²) in [4.78, 5) is 2.48. The van der Waals surface area contributed by atoms with E-state index in [4.69, 9.17) is 11.6 Å². The van der Waals surface area contributed by atoms with Gasteiger partial charge in [-0.3, -0.25) is 0 Å². The first-order valence-electron chi connectivity index (χ1n) is 5.73. The Bertz CT molecular complexity index is 380. The second kappa shape index (κ2) is 4.97. The van der Waals surface area contributed by atoms with Gasteiger partial charge in [0, 0.05) is 28.6 Å². The van der Waals surface area contributed by atoms with Crippen molar-refractivity contribution in [1.29, 1.82) is 0 Å². The fraction of sp³-hybridized carbons (Fsp3) is 0.538. The Morgan fingerprint density at radius 1 is 1.44 bits per heavy atom. The molecule has 1 heterocycles. The average Bonchev–Trinajstić information content (AvgIpc) is 2.58. The Morgan fingerprint density at radius 2 is 2.19 bits per heavy atom. The highest BCUT2D eigenvalue weighted by atomic mass is 79.9. The summed E-state index contributed by atoms with van der Waals surface area (Å²) in [5.74, 6) is 1.36. The highest BCUT2D eigenvalue weighted by molar-refractivity contribution is 9.10. The monoisotopic (exact) mass is 301 g/mol. The van der Waals surface area contributed by atoms with Gasteiger partial charge in [-0.2, -0.15) is 0 Å². The molecule has 0 N–H and O–H groups in total. The maximum atomic E-state index is 5.85. The molecule has 88 valence electrons. The highest BCUT2D eigenvalue weighted by Gasteiger charge is 2.26. The van der Waals surface area contributed by atoms with E-state index in [1.807, 2.05) is 0 Å². The van der Waals surface area contributed by atoms with Crippen LogP contribution in [-0.4, -0.2) is 12.6 Å². The summed E-state index contributed by atoms with van der Waals surface area (Å²) in [5, 5.41) is 0. The first kappa shape index (κ1) is 12.3. The zero-order chi connectivity index (χ0) is 11.7. The summed E-state index contributed by atoms with van der Waals surface area (Å²) in [6, 6.07) is 7.12. The molecule has 16 heavy (non-hydrogen) atoms. The summed E-state index contributed by atoms with van der Waals surface area (Å²) in [7, 11) is 0. The zero-order valence-electron chi connectivity index (χ0n) is 9.71. The Labute approximate surface area is 111 Å². The lowest BCUT2D eigenvalue weighted by Crippen LogP contribution is -2.26. The molecular weight excluding hydrogens is 286 g/mol. The van der Waals surface area contributed by atoms with E-state index < -0.39 is 0 Å². The van der Waals surface area contributed by atoms with Gasteiger partial charge in [0.25, 0.3) is 0 Å². The Hall–Kier alpha value is -0.210. The largest absolute Gasteiger partial charge is 0.369 e. The predicted molar refractivity (Wildman–Crippen MR) is 74.3 cm³/mol. The number of hydrogen-bond donors (Lipinski definition) is 0. The molecule has 1 aliphatic heterocycles. The molecule has 0 aliphatic carbocycles. The molecule has 3 heteroatoms. The normalized spacial score (nSPS) is 25.1. The van der Waals surface area contributed by atoms with Crippen LogP contribution in [0.1, 0.15) is 25.8 Å². The average molecular weight is 303 g/mol. The summed E-state index contributed by atoms with van der Waals surface area (Å²) < 4.78 is 1.12. The second-order valence-electron chi connectivity index (χ2n) is 4.75. The van der Waals surface area contributed by atoms with Crippen LogP contribution in [0.4, 0.5) is 5.69 Å². The quantitative estimate of drug-likeness (QED) is 0.731. The minimum absolute atomic E-state index is 0.562. The van der Waals surface area contributed by atoms with Gasteiger partial charge in [-0.1, -0.05) is 28.9 Å². The van der Waals surface area contributed by atoms with Crippen molar-refractivity contribution in [3.8, 4) is 0 Å². The lowest BCUT2D eigenvalue weighted by Gasteiger charge is -2.24. The minimum Gasteiger partial charge on any atom is -0.369 e. The Kier molecular flexibility index (Phi) is 3.81. The summed E-state index contributed by atoms with van der Waals surface area (Å²) >= 11 is 9.43. The highest BCUT2D eigenvalue weighted by Crippen LogP contribution is 2.31. The Balaban J connectivity index is 2.24. The van der Waals surface area contributed by atoms with Crippen LogP contribution in [0.15, 0.2) is 22.7 Å². The standard InChI is InChI=1S/C13H17BrClN/c1-9-5-10(2)16(8-9)12-4-3-11(7-15)13(14)6-12/h3-4,6,9-10H,5,7-8H2,1-2H3. The van der Waals surface area contributed by atoms with E-state index in [-0.39, 0.29) is 0 Å². The van der Waals surface area contributed by atoms with Crippen LogP contribution in [0.25, 0.3) is 0 Å². The molecule has 0 saturated carbocycles. The molecule has 1 saturated heterocycles. The van der Waals surface area contributed by atoms with Crippen molar-refractivity contribution in [3.63, 3.8) is 0 Å². The number of rotatable bonds is 2. The second-order valence-corrected chi connectivity index (χ2v) is 5.87. The van der Waals surface area contributed by atoms with E-state index in [0.29, 0.717) is 11.9 Å². The molecular formula is C13H17BrClN. The Morgan fingerprint density at radius 3 is 2.69 bits per heavy atom. The van der Waals surface area contributed by atoms with E-state index in [1.165, 1.54) is 12.1 Å². The van der Waals surface area contributed by atoms with Gasteiger partial charge in [0.15, 0.2) is 0 Å². The van der Waals surface area contributed by atoms with Gasteiger partial charge < -0.3 is 4.90 Å². The SMILES string of the molecule is CC1CC(C)N(c2ccc(CCl)c(Br)c2)C1. The van der Waals surface area contributed by atoms with E-state index in [0.717, 1.165) is 22.5 Å². The molecule has 2 unspecified atom stereocenters. The van der Waals surface area contributed by atoms with Crippen molar-refractivity contribution in [2.75, 3.05) is 11.4 Å². The van der Waals surface area contributed by atoms with Gasteiger partial charge in [-0.25, -0.2) is 0 Å². The summed E-state index contributed by atoms with van der Waals surface area (Å²) in [6.07, 6.45) is 1.29. The molecule has 1 aromatic rings. The number of alkyl halides is 1. The summed E-state index contributed by atoms with van der Waals surface area (Å²) in [6.45, 7) is 5.78. The predicted octanol–water partition coefficient (Wildman–Crippen LogP) is 4.42. The van der Waals surface area contributed by atoms with Crippen molar-refractivity contribution < 1.29 is 0 Å². The fourth-order valence-electron chi connectivity index (χ4n) is 2.48. The van der Waals surface area contributed by atoms with Crippen LogP contribution in [0, 0.1) is 5.92 Å². The van der Waals surface area contributed by atoms with Crippen molar-refractivity contribution in [2.24, 2.45) is 5.92 Å². The van der Waals surface area contributed by atoms with Crippen LogP contribution >= 0.6 is 27.5 Å². The van der Waals surface area contributed by atoms with E-state index in [1.54, 1.807) is 0 Å². The molecule has 1 nitrogen and oxygen atoms in total. The third-order valence-corrected chi connectivity index (χ3v) is 4.32. The third kappa shape index (κ3) is 2.38. The number of benzene rings is 1. The van der Waals surface area contributed by atoms with Gasteiger partial charge in [0.2, 0.25) is 0 Å². The molecule has 1 aromatic carbocycles. The molecule has 0 bridgehead atoms. The van der Waals surface area contributed by atoms with Crippen LogP contribution in [-0.2, 0) is 5.88 Å². The third-order valence-electron chi connectivity index (χ3n) is 3.30. The maximum Gasteiger partial charge on any atom is 0.0485 e. The molecule has 1 aliphatic rings. The molecule has 0 spiro atoms. The first-order chi connectivity index (χ1) is 7.61. The van der Waals surface area contributed by atoms with Gasteiger partial charge in [0.05, 0.1) is 0 Å². The summed E-state index contributed by atoms with van der Waals surface area (Å²) in [5.41, 5.74) is 2.46. The van der Waals surface area contributed by atoms with Crippen molar-refractivity contribution in [2.45, 2.75) is 32.2 Å². The molecule has 0 aromatic heterocycles. The minimum atomic E-state index is 0.562.